The zero-order valence-corrected chi connectivity index (χ0v) is 14.1. The van der Waals surface area contributed by atoms with Crippen molar-refractivity contribution in [1.82, 2.24) is 4.90 Å². The molecule has 1 N–H and O–H groups in total. The Kier molecular flexibility index (Phi) is 6.39. The fourth-order valence-corrected chi connectivity index (χ4v) is 2.98. The molecule has 1 aliphatic heterocycles. The zero-order valence-electron chi connectivity index (χ0n) is 14.1. The Hall–Kier alpha value is -2.38. The summed E-state index contributed by atoms with van der Waals surface area (Å²) in [6, 6.07) is 3.81. The van der Waals surface area contributed by atoms with E-state index in [9.17, 15) is 27.6 Å². The van der Waals surface area contributed by atoms with Crippen molar-refractivity contribution in [1.29, 1.82) is 0 Å². The van der Waals surface area contributed by atoms with E-state index >= 15 is 0 Å². The number of halogens is 3. The average Bonchev–Trinajstić information content (AvgIpc) is 3.07. The third kappa shape index (κ3) is 5.31. The van der Waals surface area contributed by atoms with E-state index in [-0.39, 0.29) is 31.0 Å². The molecule has 142 valence electrons. The van der Waals surface area contributed by atoms with Crippen LogP contribution in [0.1, 0.15) is 43.2 Å². The van der Waals surface area contributed by atoms with Gasteiger partial charge in [0.15, 0.2) is 0 Å². The molecule has 1 amide bonds. The number of carbonyl (C=O) groups is 3. The highest BCUT2D eigenvalue weighted by Crippen LogP contribution is 2.29. The van der Waals surface area contributed by atoms with E-state index in [0.717, 1.165) is 12.1 Å². The molecule has 1 aromatic carbocycles. The van der Waals surface area contributed by atoms with Crippen LogP contribution in [0.5, 0.6) is 0 Å². The molecule has 26 heavy (non-hydrogen) atoms. The zero-order chi connectivity index (χ0) is 19.3. The standard InChI is InChI=1S/C18H20F3NO4/c19-18(20,21)13-6-3-12(4-7-13)5-8-14(23)9-10-16(24)22-11-1-2-15(22)17(25)26/h3-4,6-7,15H,1-2,5,8-11H2,(H,25,26)/t15-/m0/s1. The number of aliphatic carboxylic acids is 1. The van der Waals surface area contributed by atoms with Gasteiger partial charge >= 0.3 is 12.1 Å². The van der Waals surface area contributed by atoms with Gasteiger partial charge in [-0.05, 0) is 37.0 Å². The van der Waals surface area contributed by atoms with E-state index in [1.165, 1.54) is 17.0 Å². The Balaban J connectivity index is 1.77. The van der Waals surface area contributed by atoms with Gasteiger partial charge in [-0.3, -0.25) is 9.59 Å². The van der Waals surface area contributed by atoms with Crippen molar-refractivity contribution in [2.45, 2.75) is 50.7 Å². The van der Waals surface area contributed by atoms with E-state index in [2.05, 4.69) is 0 Å². The van der Waals surface area contributed by atoms with Gasteiger partial charge in [-0.2, -0.15) is 13.2 Å². The van der Waals surface area contributed by atoms with Crippen molar-refractivity contribution in [2.75, 3.05) is 6.54 Å². The Morgan fingerprint density at radius 3 is 2.31 bits per heavy atom. The van der Waals surface area contributed by atoms with Crippen LogP contribution in [0.2, 0.25) is 0 Å². The summed E-state index contributed by atoms with van der Waals surface area (Å²) < 4.78 is 37.5. The lowest BCUT2D eigenvalue weighted by molar-refractivity contribution is -0.148. The van der Waals surface area contributed by atoms with Crippen LogP contribution in [0.3, 0.4) is 0 Å². The first-order valence-corrected chi connectivity index (χ1v) is 8.38. The summed E-state index contributed by atoms with van der Waals surface area (Å²) in [6.45, 7) is 0.384. The maximum Gasteiger partial charge on any atom is 0.416 e. The smallest absolute Gasteiger partial charge is 0.416 e. The van der Waals surface area contributed by atoms with E-state index in [1.807, 2.05) is 0 Å². The molecule has 2 rings (SSSR count). The molecule has 0 aromatic heterocycles. The Bertz CT molecular complexity index is 670. The Labute approximate surface area is 148 Å². The summed E-state index contributed by atoms with van der Waals surface area (Å²) in [4.78, 5) is 36.4. The van der Waals surface area contributed by atoms with E-state index in [1.54, 1.807) is 0 Å². The minimum Gasteiger partial charge on any atom is -0.480 e. The molecule has 0 radical (unpaired) electrons. The Morgan fingerprint density at radius 1 is 1.08 bits per heavy atom. The number of hydrogen-bond donors (Lipinski definition) is 1. The molecule has 1 saturated heterocycles. The van der Waals surface area contributed by atoms with Gasteiger partial charge in [0.1, 0.15) is 11.8 Å². The van der Waals surface area contributed by atoms with Crippen LogP contribution in [-0.2, 0) is 27.0 Å². The van der Waals surface area contributed by atoms with Crippen LogP contribution in [0.15, 0.2) is 24.3 Å². The lowest BCUT2D eigenvalue weighted by atomic mass is 10.0. The van der Waals surface area contributed by atoms with Crippen molar-refractivity contribution in [3.63, 3.8) is 0 Å². The number of benzene rings is 1. The maximum atomic E-state index is 12.5. The molecule has 0 spiro atoms. The van der Waals surface area contributed by atoms with Crippen molar-refractivity contribution >= 4 is 17.7 Å². The summed E-state index contributed by atoms with van der Waals surface area (Å²) in [5.41, 5.74) is -0.125. The fraction of sp³-hybridized carbons (Fsp3) is 0.500. The summed E-state index contributed by atoms with van der Waals surface area (Å²) in [6.07, 6.45) is -2.96. The van der Waals surface area contributed by atoms with Crippen LogP contribution in [-0.4, -0.2) is 40.3 Å². The molecular formula is C18H20F3NO4. The third-order valence-electron chi connectivity index (χ3n) is 4.45. The number of rotatable bonds is 7. The number of hydrogen-bond acceptors (Lipinski definition) is 3. The number of nitrogens with zero attached hydrogens (tertiary/aromatic N) is 1. The van der Waals surface area contributed by atoms with E-state index < -0.39 is 23.8 Å². The number of likely N-dealkylation sites (tertiary alicyclic amines) is 1. The summed E-state index contributed by atoms with van der Waals surface area (Å²) in [5.74, 6) is -1.56. The molecule has 0 saturated carbocycles. The molecule has 0 unspecified atom stereocenters. The second kappa shape index (κ2) is 8.33. The van der Waals surface area contributed by atoms with Crippen molar-refractivity contribution in [3.8, 4) is 0 Å². The highest BCUT2D eigenvalue weighted by molar-refractivity contribution is 5.88. The lowest BCUT2D eigenvalue weighted by Crippen LogP contribution is -2.40. The monoisotopic (exact) mass is 371 g/mol. The number of ketones is 1. The quantitative estimate of drug-likeness (QED) is 0.799. The first kappa shape index (κ1) is 19.9. The van der Waals surface area contributed by atoms with Gasteiger partial charge < -0.3 is 10.0 Å². The predicted octanol–water partition coefficient (Wildman–Crippen LogP) is 3.06. The minimum atomic E-state index is -4.39. The lowest BCUT2D eigenvalue weighted by Gasteiger charge is -2.21. The summed E-state index contributed by atoms with van der Waals surface area (Å²) in [7, 11) is 0. The van der Waals surface area contributed by atoms with Gasteiger partial charge in [-0.25, -0.2) is 4.79 Å². The number of carboxylic acids is 1. The van der Waals surface area contributed by atoms with Crippen LogP contribution in [0.4, 0.5) is 13.2 Å². The molecule has 0 bridgehead atoms. The number of Topliss-reactive ketones (excluding diaryl/α,β-unsaturated/α-hetero) is 1. The molecule has 8 heteroatoms. The van der Waals surface area contributed by atoms with Crippen molar-refractivity contribution in [2.24, 2.45) is 0 Å². The number of carboxylic acid groups (broad SMARTS) is 1. The minimum absolute atomic E-state index is 0.00229. The van der Waals surface area contributed by atoms with Gasteiger partial charge in [-0.1, -0.05) is 12.1 Å². The molecular weight excluding hydrogens is 351 g/mol. The SMILES string of the molecule is O=C(CCC(=O)N1CCC[C@H]1C(=O)O)CCc1ccc(C(F)(F)F)cc1. The molecule has 5 nitrogen and oxygen atoms in total. The second-order valence-corrected chi connectivity index (χ2v) is 6.32. The van der Waals surface area contributed by atoms with Gasteiger partial charge in [0.2, 0.25) is 5.91 Å². The third-order valence-corrected chi connectivity index (χ3v) is 4.45. The highest BCUT2D eigenvalue weighted by Gasteiger charge is 2.33. The molecule has 1 aliphatic rings. The number of alkyl halides is 3. The average molecular weight is 371 g/mol. The first-order valence-electron chi connectivity index (χ1n) is 8.38. The van der Waals surface area contributed by atoms with Crippen LogP contribution >= 0.6 is 0 Å². The number of aryl methyl sites for hydroxylation is 1. The predicted molar refractivity (Wildman–Crippen MR) is 86.4 cm³/mol. The molecule has 1 heterocycles. The van der Waals surface area contributed by atoms with Crippen LogP contribution in [0, 0.1) is 0 Å². The number of amides is 1. The molecule has 1 fully saturated rings. The van der Waals surface area contributed by atoms with Gasteiger partial charge in [0, 0.05) is 25.8 Å². The largest absolute Gasteiger partial charge is 0.480 e. The summed E-state index contributed by atoms with van der Waals surface area (Å²) in [5, 5.41) is 9.06. The van der Waals surface area contributed by atoms with Gasteiger partial charge in [-0.15, -0.1) is 0 Å². The molecule has 0 aliphatic carbocycles. The van der Waals surface area contributed by atoms with Crippen molar-refractivity contribution < 1.29 is 32.7 Å². The van der Waals surface area contributed by atoms with Crippen LogP contribution < -0.4 is 0 Å². The Morgan fingerprint density at radius 2 is 1.73 bits per heavy atom. The maximum absolute atomic E-state index is 12.5. The number of carbonyl (C=O) groups excluding carboxylic acids is 2. The van der Waals surface area contributed by atoms with Crippen molar-refractivity contribution in [3.05, 3.63) is 35.4 Å². The highest BCUT2D eigenvalue weighted by atomic mass is 19.4. The first-order chi connectivity index (χ1) is 12.2. The topological polar surface area (TPSA) is 74.7 Å². The van der Waals surface area contributed by atoms with Crippen LogP contribution in [0.25, 0.3) is 0 Å². The van der Waals surface area contributed by atoms with Gasteiger partial charge in [0.25, 0.3) is 0 Å². The van der Waals surface area contributed by atoms with Gasteiger partial charge in [0.05, 0.1) is 5.56 Å². The van der Waals surface area contributed by atoms with E-state index in [4.69, 9.17) is 5.11 Å². The summed E-state index contributed by atoms with van der Waals surface area (Å²) >= 11 is 0. The fourth-order valence-electron chi connectivity index (χ4n) is 2.98. The second-order valence-electron chi connectivity index (χ2n) is 6.32. The molecule has 1 aromatic rings. The normalized spacial score (nSPS) is 17.3. The molecule has 1 atom stereocenters. The van der Waals surface area contributed by atoms with E-state index in [0.29, 0.717) is 31.4 Å².